The number of amides is 1. The Balaban J connectivity index is 2.06. The Kier molecular flexibility index (Phi) is 6.78. The van der Waals surface area contributed by atoms with Gasteiger partial charge in [-0.15, -0.1) is 0 Å². The first-order chi connectivity index (χ1) is 12.8. The van der Waals surface area contributed by atoms with Gasteiger partial charge in [0.15, 0.2) is 23.6 Å². The normalized spacial score (nSPS) is 11.6. The van der Waals surface area contributed by atoms with Crippen molar-refractivity contribution < 1.29 is 32.6 Å². The molecule has 0 aliphatic heterocycles. The molecule has 0 fully saturated rings. The summed E-state index contributed by atoms with van der Waals surface area (Å²) in [5.74, 6) is -6.42. The number of carbonyl (C=O) groups excluding carboxylic acids is 2. The van der Waals surface area contributed by atoms with E-state index in [4.69, 9.17) is 9.84 Å². The van der Waals surface area contributed by atoms with Crippen LogP contribution in [0.4, 0.5) is 24.5 Å². The quantitative estimate of drug-likeness (QED) is 0.506. The van der Waals surface area contributed by atoms with Crippen LogP contribution in [-0.2, 0) is 9.53 Å². The summed E-state index contributed by atoms with van der Waals surface area (Å²) in [4.78, 5) is 24.3. The standard InChI is InChI=1S/C18H17F3N2O4/c1-10(17(25)23-14-7-6-12(19)15(20)16(14)21)27-18(26)11-4-2-3-5-13(11)22-8-9-24/h2-7,10,22,24H,8-9H2,1H3,(H,23,25)/t10-/m0/s1. The molecule has 0 spiro atoms. The first kappa shape index (κ1) is 20.2. The number of hydrogen-bond donors (Lipinski definition) is 3. The number of anilines is 2. The summed E-state index contributed by atoms with van der Waals surface area (Å²) in [5, 5.41) is 13.7. The predicted octanol–water partition coefficient (Wildman–Crippen LogP) is 2.69. The molecule has 9 heteroatoms. The van der Waals surface area contributed by atoms with Crippen molar-refractivity contribution in [3.63, 3.8) is 0 Å². The van der Waals surface area contributed by atoms with Crippen LogP contribution >= 0.6 is 0 Å². The Morgan fingerprint density at radius 1 is 1.07 bits per heavy atom. The molecule has 0 aliphatic carbocycles. The second-order valence-corrected chi connectivity index (χ2v) is 5.46. The Hall–Kier alpha value is -3.07. The van der Waals surface area contributed by atoms with Crippen molar-refractivity contribution in [3.05, 3.63) is 59.4 Å². The topological polar surface area (TPSA) is 87.7 Å². The summed E-state index contributed by atoms with van der Waals surface area (Å²) in [5.41, 5.74) is -0.0489. The number of esters is 1. The lowest BCUT2D eigenvalue weighted by Gasteiger charge is -2.16. The van der Waals surface area contributed by atoms with E-state index in [0.29, 0.717) is 11.8 Å². The molecule has 0 unspecified atom stereocenters. The average molecular weight is 382 g/mol. The van der Waals surface area contributed by atoms with E-state index in [-0.39, 0.29) is 18.7 Å². The van der Waals surface area contributed by atoms with Crippen molar-refractivity contribution >= 4 is 23.3 Å². The molecule has 1 amide bonds. The second-order valence-electron chi connectivity index (χ2n) is 5.46. The van der Waals surface area contributed by atoms with Crippen LogP contribution in [-0.4, -0.2) is 36.2 Å². The van der Waals surface area contributed by atoms with Gasteiger partial charge in [0.2, 0.25) is 0 Å². The zero-order valence-electron chi connectivity index (χ0n) is 14.3. The van der Waals surface area contributed by atoms with Crippen molar-refractivity contribution in [3.8, 4) is 0 Å². The lowest BCUT2D eigenvalue weighted by molar-refractivity contribution is -0.123. The minimum atomic E-state index is -1.72. The van der Waals surface area contributed by atoms with Crippen molar-refractivity contribution in [1.82, 2.24) is 0 Å². The summed E-state index contributed by atoms with van der Waals surface area (Å²) >= 11 is 0. The fourth-order valence-corrected chi connectivity index (χ4v) is 2.14. The highest BCUT2D eigenvalue weighted by Gasteiger charge is 2.23. The van der Waals surface area contributed by atoms with Crippen LogP contribution in [0.15, 0.2) is 36.4 Å². The summed E-state index contributed by atoms with van der Waals surface area (Å²) in [6.45, 7) is 1.30. The monoisotopic (exact) mass is 382 g/mol. The largest absolute Gasteiger partial charge is 0.449 e. The molecule has 0 bridgehead atoms. The molecule has 0 aliphatic rings. The highest BCUT2D eigenvalue weighted by Crippen LogP contribution is 2.21. The smallest absolute Gasteiger partial charge is 0.341 e. The van der Waals surface area contributed by atoms with Gasteiger partial charge in [-0.2, -0.15) is 0 Å². The Labute approximate surface area is 153 Å². The molecule has 0 heterocycles. The molecule has 2 aromatic carbocycles. The highest BCUT2D eigenvalue weighted by molar-refractivity contribution is 5.99. The zero-order valence-corrected chi connectivity index (χ0v) is 14.3. The summed E-state index contributed by atoms with van der Waals surface area (Å²) in [6, 6.07) is 7.82. The van der Waals surface area contributed by atoms with Gasteiger partial charge in [-0.3, -0.25) is 4.79 Å². The zero-order chi connectivity index (χ0) is 20.0. The van der Waals surface area contributed by atoms with Gasteiger partial charge in [-0.05, 0) is 31.2 Å². The van der Waals surface area contributed by atoms with Gasteiger partial charge in [0.25, 0.3) is 5.91 Å². The van der Waals surface area contributed by atoms with Crippen molar-refractivity contribution in [2.75, 3.05) is 23.8 Å². The van der Waals surface area contributed by atoms with E-state index in [0.717, 1.165) is 6.07 Å². The summed E-state index contributed by atoms with van der Waals surface area (Å²) < 4.78 is 44.8. The van der Waals surface area contributed by atoms with E-state index >= 15 is 0 Å². The van der Waals surface area contributed by atoms with E-state index in [9.17, 15) is 22.8 Å². The molecule has 0 saturated carbocycles. The van der Waals surface area contributed by atoms with Gasteiger partial charge in [0, 0.05) is 12.2 Å². The molecule has 1 atom stereocenters. The van der Waals surface area contributed by atoms with Crippen LogP contribution < -0.4 is 10.6 Å². The summed E-state index contributed by atoms with van der Waals surface area (Å²) in [6.07, 6.45) is -1.34. The maximum absolute atomic E-state index is 13.6. The molecular weight excluding hydrogens is 365 g/mol. The Morgan fingerprint density at radius 3 is 2.48 bits per heavy atom. The number of carbonyl (C=O) groups is 2. The van der Waals surface area contributed by atoms with E-state index in [2.05, 4.69) is 5.32 Å². The van der Waals surface area contributed by atoms with Crippen LogP contribution in [0.5, 0.6) is 0 Å². The lowest BCUT2D eigenvalue weighted by Crippen LogP contribution is -2.30. The molecule has 3 N–H and O–H groups in total. The molecule has 27 heavy (non-hydrogen) atoms. The molecule has 0 radical (unpaired) electrons. The maximum Gasteiger partial charge on any atom is 0.341 e. The van der Waals surface area contributed by atoms with Gasteiger partial charge < -0.3 is 20.5 Å². The van der Waals surface area contributed by atoms with Crippen LogP contribution in [0.25, 0.3) is 0 Å². The van der Waals surface area contributed by atoms with Crippen LogP contribution in [0, 0.1) is 17.5 Å². The van der Waals surface area contributed by atoms with Crippen LogP contribution in [0.3, 0.4) is 0 Å². The number of halogens is 3. The van der Waals surface area contributed by atoms with E-state index < -0.39 is 41.1 Å². The second kappa shape index (κ2) is 9.04. The summed E-state index contributed by atoms with van der Waals surface area (Å²) in [7, 11) is 0. The van der Waals surface area contributed by atoms with Gasteiger partial charge in [-0.1, -0.05) is 12.1 Å². The third-order valence-corrected chi connectivity index (χ3v) is 3.52. The van der Waals surface area contributed by atoms with Gasteiger partial charge in [0.05, 0.1) is 17.9 Å². The van der Waals surface area contributed by atoms with E-state index in [1.807, 2.05) is 5.32 Å². The van der Waals surface area contributed by atoms with Gasteiger partial charge >= 0.3 is 5.97 Å². The van der Waals surface area contributed by atoms with Crippen molar-refractivity contribution in [2.24, 2.45) is 0 Å². The molecular formula is C18H17F3N2O4. The Morgan fingerprint density at radius 2 is 1.78 bits per heavy atom. The van der Waals surface area contributed by atoms with Gasteiger partial charge in [0.1, 0.15) is 0 Å². The van der Waals surface area contributed by atoms with Crippen LogP contribution in [0.2, 0.25) is 0 Å². The number of ether oxygens (including phenoxy) is 1. The predicted molar refractivity (Wildman–Crippen MR) is 91.8 cm³/mol. The molecule has 144 valence electrons. The molecule has 2 aromatic rings. The molecule has 6 nitrogen and oxygen atoms in total. The number of nitrogens with one attached hydrogen (secondary N) is 2. The molecule has 0 aromatic heterocycles. The fraction of sp³-hybridized carbons (Fsp3) is 0.222. The fourth-order valence-electron chi connectivity index (χ4n) is 2.14. The first-order valence-corrected chi connectivity index (χ1v) is 7.94. The van der Waals surface area contributed by atoms with Crippen molar-refractivity contribution in [1.29, 1.82) is 0 Å². The number of aliphatic hydroxyl groups excluding tert-OH is 1. The van der Waals surface area contributed by atoms with E-state index in [1.54, 1.807) is 18.2 Å². The van der Waals surface area contributed by atoms with Crippen molar-refractivity contribution in [2.45, 2.75) is 13.0 Å². The molecule has 2 rings (SSSR count). The maximum atomic E-state index is 13.6. The first-order valence-electron chi connectivity index (χ1n) is 7.94. The number of rotatable bonds is 7. The number of benzene rings is 2. The number of aliphatic hydroxyl groups is 1. The SMILES string of the molecule is C[C@H](OC(=O)c1ccccc1NCCO)C(=O)Nc1ccc(F)c(F)c1F. The van der Waals surface area contributed by atoms with E-state index in [1.165, 1.54) is 13.0 Å². The Bertz CT molecular complexity index is 845. The lowest BCUT2D eigenvalue weighted by atomic mass is 10.1. The minimum Gasteiger partial charge on any atom is -0.449 e. The number of para-hydroxylation sites is 1. The van der Waals surface area contributed by atoms with Crippen LogP contribution in [0.1, 0.15) is 17.3 Å². The van der Waals surface area contributed by atoms with Gasteiger partial charge in [-0.25, -0.2) is 18.0 Å². The highest BCUT2D eigenvalue weighted by atomic mass is 19.2. The minimum absolute atomic E-state index is 0.129. The molecule has 0 saturated heterocycles. The number of hydrogen-bond acceptors (Lipinski definition) is 5. The third kappa shape index (κ3) is 4.98. The average Bonchev–Trinajstić information content (AvgIpc) is 2.66. The third-order valence-electron chi connectivity index (χ3n) is 3.52.